The molecule has 3 N–H and O–H groups in total. The lowest BCUT2D eigenvalue weighted by Crippen LogP contribution is -2.30. The summed E-state index contributed by atoms with van der Waals surface area (Å²) in [5, 5.41) is 4.79. The molecule has 4 nitrogen and oxygen atoms in total. The number of nitrogens with one attached hydrogen (secondary N) is 1. The zero-order valence-electron chi connectivity index (χ0n) is 9.96. The van der Waals surface area contributed by atoms with Crippen LogP contribution < -0.4 is 11.2 Å². The van der Waals surface area contributed by atoms with Gasteiger partial charge >= 0.3 is 0 Å². The van der Waals surface area contributed by atoms with Crippen LogP contribution in [0.15, 0.2) is 11.3 Å². The van der Waals surface area contributed by atoms with E-state index in [4.69, 9.17) is 5.84 Å². The fourth-order valence-electron chi connectivity index (χ4n) is 2.83. The number of amides is 1. The number of hydrogen-bond donors (Lipinski definition) is 2. The second-order valence-electron chi connectivity index (χ2n) is 4.80. The predicted octanol–water partition coefficient (Wildman–Crippen LogP) is 1.15. The Balaban J connectivity index is 1.91. The summed E-state index contributed by atoms with van der Waals surface area (Å²) in [6.07, 6.45) is 5.93. The van der Waals surface area contributed by atoms with Gasteiger partial charge in [-0.1, -0.05) is 0 Å². The van der Waals surface area contributed by atoms with Crippen molar-refractivity contribution >= 4 is 5.91 Å². The third kappa shape index (κ3) is 2.38. The molecule has 4 heteroatoms. The Bertz CT molecular complexity index is 311. The number of nitrogens with zero attached hydrogens (tertiary/aromatic N) is 1. The molecule has 0 aromatic carbocycles. The SMILES string of the molecule is CC(=O)NCCC1CN(N)C2=C1CCCC2. The van der Waals surface area contributed by atoms with Crippen molar-refractivity contribution in [2.45, 2.75) is 39.0 Å². The minimum atomic E-state index is 0.0560. The van der Waals surface area contributed by atoms with Gasteiger partial charge in [-0.15, -0.1) is 0 Å². The van der Waals surface area contributed by atoms with Crippen molar-refractivity contribution in [2.75, 3.05) is 13.1 Å². The Morgan fingerprint density at radius 2 is 2.25 bits per heavy atom. The van der Waals surface area contributed by atoms with Crippen molar-refractivity contribution in [3.05, 3.63) is 11.3 Å². The van der Waals surface area contributed by atoms with Gasteiger partial charge in [-0.05, 0) is 37.7 Å². The molecule has 1 aliphatic heterocycles. The van der Waals surface area contributed by atoms with Crippen LogP contribution in [0.1, 0.15) is 39.0 Å². The van der Waals surface area contributed by atoms with Crippen molar-refractivity contribution in [3.8, 4) is 0 Å². The third-order valence-electron chi connectivity index (χ3n) is 3.60. The van der Waals surface area contributed by atoms with E-state index >= 15 is 0 Å². The molecule has 0 radical (unpaired) electrons. The average molecular weight is 223 g/mol. The standard InChI is InChI=1S/C12H21N3O/c1-9(16)14-7-6-10-8-15(13)12-5-3-2-4-11(10)12/h10H,2-8,13H2,1H3,(H,14,16). The van der Waals surface area contributed by atoms with Crippen molar-refractivity contribution < 1.29 is 4.79 Å². The first-order chi connectivity index (χ1) is 7.68. The Labute approximate surface area is 96.8 Å². The van der Waals surface area contributed by atoms with Gasteiger partial charge in [0.15, 0.2) is 0 Å². The Kier molecular flexibility index (Phi) is 3.49. The Hall–Kier alpha value is -1.03. The van der Waals surface area contributed by atoms with E-state index in [1.165, 1.54) is 25.0 Å². The molecular weight excluding hydrogens is 202 g/mol. The van der Waals surface area contributed by atoms with Crippen molar-refractivity contribution in [3.63, 3.8) is 0 Å². The molecule has 16 heavy (non-hydrogen) atoms. The van der Waals surface area contributed by atoms with Gasteiger partial charge in [-0.2, -0.15) is 0 Å². The minimum absolute atomic E-state index is 0.0560. The van der Waals surface area contributed by atoms with Gasteiger partial charge < -0.3 is 10.3 Å². The molecule has 0 aromatic rings. The highest BCUT2D eigenvalue weighted by Gasteiger charge is 2.30. The molecule has 1 unspecified atom stereocenters. The topological polar surface area (TPSA) is 58.4 Å². The molecule has 1 heterocycles. The predicted molar refractivity (Wildman–Crippen MR) is 63.2 cm³/mol. The number of rotatable bonds is 3. The Morgan fingerprint density at radius 3 is 3.00 bits per heavy atom. The first-order valence-electron chi connectivity index (χ1n) is 6.17. The van der Waals surface area contributed by atoms with Crippen molar-refractivity contribution in [1.82, 2.24) is 10.3 Å². The molecular formula is C12H21N3O. The summed E-state index contributed by atoms with van der Waals surface area (Å²) in [6.45, 7) is 3.27. The van der Waals surface area contributed by atoms with Crippen LogP contribution >= 0.6 is 0 Å². The van der Waals surface area contributed by atoms with E-state index < -0.39 is 0 Å². The van der Waals surface area contributed by atoms with Crippen molar-refractivity contribution in [2.24, 2.45) is 11.8 Å². The number of allylic oxidation sites excluding steroid dienone is 1. The minimum Gasteiger partial charge on any atom is -0.356 e. The molecule has 2 rings (SSSR count). The highest BCUT2D eigenvalue weighted by Crippen LogP contribution is 2.37. The van der Waals surface area contributed by atoms with Gasteiger partial charge in [0.05, 0.1) is 0 Å². The summed E-state index contributed by atoms with van der Waals surface area (Å²) in [4.78, 5) is 10.8. The summed E-state index contributed by atoms with van der Waals surface area (Å²) in [6, 6.07) is 0. The van der Waals surface area contributed by atoms with Gasteiger partial charge in [0, 0.05) is 31.6 Å². The van der Waals surface area contributed by atoms with Gasteiger partial charge in [0.1, 0.15) is 0 Å². The van der Waals surface area contributed by atoms with E-state index in [-0.39, 0.29) is 5.91 Å². The quantitative estimate of drug-likeness (QED) is 0.706. The lowest BCUT2D eigenvalue weighted by Gasteiger charge is -2.19. The average Bonchev–Trinajstić information content (AvgIpc) is 2.57. The smallest absolute Gasteiger partial charge is 0.216 e. The summed E-state index contributed by atoms with van der Waals surface area (Å²) < 4.78 is 0. The molecule has 1 aliphatic carbocycles. The van der Waals surface area contributed by atoms with Crippen LogP contribution in [-0.2, 0) is 4.79 Å². The third-order valence-corrected chi connectivity index (χ3v) is 3.60. The maximum absolute atomic E-state index is 10.8. The highest BCUT2D eigenvalue weighted by molar-refractivity contribution is 5.72. The second-order valence-corrected chi connectivity index (χ2v) is 4.80. The first kappa shape index (κ1) is 11.5. The summed E-state index contributed by atoms with van der Waals surface area (Å²) in [5.41, 5.74) is 2.93. The largest absolute Gasteiger partial charge is 0.356 e. The first-order valence-corrected chi connectivity index (χ1v) is 6.17. The normalized spacial score (nSPS) is 24.6. The zero-order chi connectivity index (χ0) is 11.5. The van der Waals surface area contributed by atoms with Gasteiger partial charge in [-0.3, -0.25) is 4.79 Å². The lowest BCUT2D eigenvalue weighted by atomic mass is 9.88. The summed E-state index contributed by atoms with van der Waals surface area (Å²) in [7, 11) is 0. The number of carbonyl (C=O) groups excluding carboxylic acids is 1. The molecule has 2 aliphatic rings. The van der Waals surface area contributed by atoms with Crippen LogP contribution in [0, 0.1) is 5.92 Å². The fourth-order valence-corrected chi connectivity index (χ4v) is 2.83. The van der Waals surface area contributed by atoms with E-state index in [9.17, 15) is 4.79 Å². The molecule has 90 valence electrons. The maximum Gasteiger partial charge on any atom is 0.216 e. The monoisotopic (exact) mass is 223 g/mol. The van der Waals surface area contributed by atoms with Crippen LogP contribution in [-0.4, -0.2) is 24.0 Å². The summed E-state index contributed by atoms with van der Waals surface area (Å²) in [5.74, 6) is 6.62. The van der Waals surface area contributed by atoms with Crippen molar-refractivity contribution in [1.29, 1.82) is 0 Å². The van der Waals surface area contributed by atoms with Gasteiger partial charge in [0.2, 0.25) is 5.91 Å². The molecule has 0 saturated heterocycles. The van der Waals surface area contributed by atoms with Crippen LogP contribution in [0.4, 0.5) is 0 Å². The molecule has 1 amide bonds. The number of carbonyl (C=O) groups is 1. The zero-order valence-corrected chi connectivity index (χ0v) is 9.96. The van der Waals surface area contributed by atoms with Crippen LogP contribution in [0.25, 0.3) is 0 Å². The maximum atomic E-state index is 10.8. The highest BCUT2D eigenvalue weighted by atomic mass is 16.1. The number of hydrazine groups is 1. The number of nitrogens with two attached hydrogens (primary N) is 1. The van der Waals surface area contributed by atoms with E-state index in [2.05, 4.69) is 5.32 Å². The molecule has 0 saturated carbocycles. The van der Waals surface area contributed by atoms with E-state index in [0.717, 1.165) is 25.9 Å². The van der Waals surface area contributed by atoms with Gasteiger partial charge in [0.25, 0.3) is 0 Å². The summed E-state index contributed by atoms with van der Waals surface area (Å²) >= 11 is 0. The second kappa shape index (κ2) is 4.87. The van der Waals surface area contributed by atoms with E-state index in [1.54, 1.807) is 12.5 Å². The van der Waals surface area contributed by atoms with Crippen LogP contribution in [0.3, 0.4) is 0 Å². The number of hydrogen-bond acceptors (Lipinski definition) is 3. The molecule has 1 atom stereocenters. The van der Waals surface area contributed by atoms with Crippen LogP contribution in [0.5, 0.6) is 0 Å². The molecule has 0 spiro atoms. The Morgan fingerprint density at radius 1 is 1.50 bits per heavy atom. The van der Waals surface area contributed by atoms with E-state index in [0.29, 0.717) is 5.92 Å². The molecule has 0 aromatic heterocycles. The fraction of sp³-hybridized carbons (Fsp3) is 0.750. The molecule has 0 bridgehead atoms. The van der Waals surface area contributed by atoms with Gasteiger partial charge in [-0.25, -0.2) is 5.84 Å². The van der Waals surface area contributed by atoms with Crippen LogP contribution in [0.2, 0.25) is 0 Å². The van der Waals surface area contributed by atoms with E-state index in [1.807, 2.05) is 5.01 Å². The molecule has 0 fully saturated rings. The lowest BCUT2D eigenvalue weighted by molar-refractivity contribution is -0.118.